The van der Waals surface area contributed by atoms with E-state index < -0.39 is 0 Å². The van der Waals surface area contributed by atoms with Crippen molar-refractivity contribution >= 4 is 11.8 Å². The molecule has 0 aromatic carbocycles. The van der Waals surface area contributed by atoms with Gasteiger partial charge in [-0.15, -0.1) is 0 Å². The summed E-state index contributed by atoms with van der Waals surface area (Å²) in [7, 11) is 0. The van der Waals surface area contributed by atoms with Gasteiger partial charge in [-0.05, 0) is 24.8 Å². The van der Waals surface area contributed by atoms with Crippen LogP contribution >= 0.6 is 0 Å². The predicted octanol–water partition coefficient (Wildman–Crippen LogP) is 3.43. The minimum absolute atomic E-state index is 0.0103. The van der Waals surface area contributed by atoms with Crippen molar-refractivity contribution in [1.29, 1.82) is 0 Å². The van der Waals surface area contributed by atoms with E-state index >= 15 is 0 Å². The number of carbonyl (C=O) groups excluding carboxylic acids is 2. The highest BCUT2D eigenvalue weighted by molar-refractivity contribution is 5.87. The van der Waals surface area contributed by atoms with Crippen molar-refractivity contribution in [2.75, 3.05) is 13.1 Å². The zero-order valence-electron chi connectivity index (χ0n) is 14.5. The standard InChI is InChI=1S/C15H28N2O2.C2H6/c1-4-14(18)16-11-7-5-6-8-12-17-15(19)10-9-13(2)3;1-2/h9-10,13H,4-8,11-12H2,1-3H3,(H,16,18)(H,17,19);1-2H3/b10-9+;. The number of allylic oxidation sites excluding steroid dienone is 1. The van der Waals surface area contributed by atoms with E-state index in [0.717, 1.165) is 38.8 Å². The van der Waals surface area contributed by atoms with Crippen LogP contribution in [-0.4, -0.2) is 24.9 Å². The first-order valence-corrected chi connectivity index (χ1v) is 8.29. The molecular weight excluding hydrogens is 264 g/mol. The molecule has 21 heavy (non-hydrogen) atoms. The first kappa shape index (κ1) is 22.0. The van der Waals surface area contributed by atoms with E-state index in [1.807, 2.05) is 40.7 Å². The van der Waals surface area contributed by atoms with E-state index in [9.17, 15) is 9.59 Å². The summed E-state index contributed by atoms with van der Waals surface area (Å²) >= 11 is 0. The Balaban J connectivity index is 0. The summed E-state index contributed by atoms with van der Waals surface area (Å²) in [5.41, 5.74) is 0. The van der Waals surface area contributed by atoms with Crippen LogP contribution in [-0.2, 0) is 9.59 Å². The van der Waals surface area contributed by atoms with Crippen LogP contribution in [0.3, 0.4) is 0 Å². The monoisotopic (exact) mass is 298 g/mol. The summed E-state index contributed by atoms with van der Waals surface area (Å²) in [5.74, 6) is 0.511. The second kappa shape index (κ2) is 16.7. The zero-order valence-corrected chi connectivity index (χ0v) is 14.5. The van der Waals surface area contributed by atoms with E-state index in [4.69, 9.17) is 0 Å². The summed E-state index contributed by atoms with van der Waals surface area (Å²) in [6.45, 7) is 11.4. The summed E-state index contributed by atoms with van der Waals surface area (Å²) in [6.07, 6.45) is 8.21. The molecule has 0 saturated heterocycles. The van der Waals surface area contributed by atoms with E-state index in [2.05, 4.69) is 10.6 Å². The maximum absolute atomic E-state index is 11.3. The first-order valence-electron chi connectivity index (χ1n) is 8.29. The van der Waals surface area contributed by atoms with Crippen molar-refractivity contribution < 1.29 is 9.59 Å². The van der Waals surface area contributed by atoms with E-state index in [1.165, 1.54) is 0 Å². The average molecular weight is 298 g/mol. The van der Waals surface area contributed by atoms with Gasteiger partial charge < -0.3 is 10.6 Å². The molecule has 0 aromatic rings. The third-order valence-corrected chi connectivity index (χ3v) is 2.68. The topological polar surface area (TPSA) is 58.2 Å². The molecule has 0 unspecified atom stereocenters. The second-order valence-electron chi connectivity index (χ2n) is 5.01. The fourth-order valence-corrected chi connectivity index (χ4v) is 1.51. The summed E-state index contributed by atoms with van der Waals surface area (Å²) in [6, 6.07) is 0. The number of hydrogen-bond donors (Lipinski definition) is 2. The fourth-order valence-electron chi connectivity index (χ4n) is 1.51. The molecule has 4 nitrogen and oxygen atoms in total. The van der Waals surface area contributed by atoms with Crippen molar-refractivity contribution in [2.24, 2.45) is 5.92 Å². The Kier molecular flexibility index (Phi) is 17.5. The van der Waals surface area contributed by atoms with E-state index in [-0.39, 0.29) is 11.8 Å². The van der Waals surface area contributed by atoms with Crippen LogP contribution in [0.5, 0.6) is 0 Å². The molecule has 0 rings (SSSR count). The molecule has 4 heteroatoms. The SMILES string of the molecule is CC.CCC(=O)NCCCCCCNC(=O)/C=C/C(C)C. The van der Waals surface area contributed by atoms with Crippen molar-refractivity contribution in [2.45, 2.75) is 66.7 Å². The maximum atomic E-state index is 11.3. The Labute approximate surface area is 130 Å². The maximum Gasteiger partial charge on any atom is 0.243 e. The number of nitrogens with one attached hydrogen (secondary N) is 2. The quantitative estimate of drug-likeness (QED) is 0.479. The molecule has 0 aromatic heterocycles. The highest BCUT2D eigenvalue weighted by Gasteiger charge is 1.97. The van der Waals surface area contributed by atoms with Gasteiger partial charge in [0.25, 0.3) is 0 Å². The molecule has 124 valence electrons. The normalized spacial score (nSPS) is 10.2. The molecule has 0 atom stereocenters. The predicted molar refractivity (Wildman–Crippen MR) is 90.1 cm³/mol. The molecule has 0 aliphatic carbocycles. The Morgan fingerprint density at radius 1 is 0.952 bits per heavy atom. The van der Waals surface area contributed by atoms with Gasteiger partial charge in [0.05, 0.1) is 0 Å². The Hall–Kier alpha value is -1.32. The molecule has 0 heterocycles. The van der Waals surface area contributed by atoms with Crippen LogP contribution in [0.25, 0.3) is 0 Å². The Morgan fingerprint density at radius 2 is 1.48 bits per heavy atom. The highest BCUT2D eigenvalue weighted by atomic mass is 16.2. The van der Waals surface area contributed by atoms with Crippen LogP contribution in [0.4, 0.5) is 0 Å². The van der Waals surface area contributed by atoms with Gasteiger partial charge in [-0.1, -0.05) is 53.5 Å². The minimum Gasteiger partial charge on any atom is -0.356 e. The molecule has 0 aliphatic heterocycles. The molecule has 2 N–H and O–H groups in total. The number of carbonyl (C=O) groups is 2. The van der Waals surface area contributed by atoms with Crippen LogP contribution in [0.15, 0.2) is 12.2 Å². The molecule has 2 amide bonds. The molecule has 0 bridgehead atoms. The minimum atomic E-state index is -0.0103. The lowest BCUT2D eigenvalue weighted by molar-refractivity contribution is -0.120. The van der Waals surface area contributed by atoms with Crippen molar-refractivity contribution in [3.05, 3.63) is 12.2 Å². The third-order valence-electron chi connectivity index (χ3n) is 2.68. The van der Waals surface area contributed by atoms with Crippen molar-refractivity contribution in [3.63, 3.8) is 0 Å². The zero-order chi connectivity index (χ0) is 16.5. The van der Waals surface area contributed by atoms with Gasteiger partial charge in [0.2, 0.25) is 11.8 Å². The summed E-state index contributed by atoms with van der Waals surface area (Å²) in [4.78, 5) is 22.3. The average Bonchev–Trinajstić information content (AvgIpc) is 2.49. The van der Waals surface area contributed by atoms with Gasteiger partial charge in [0.1, 0.15) is 0 Å². The summed E-state index contributed by atoms with van der Waals surface area (Å²) < 4.78 is 0. The number of rotatable bonds is 10. The molecular formula is C17H34N2O2. The second-order valence-corrected chi connectivity index (χ2v) is 5.01. The van der Waals surface area contributed by atoms with Crippen LogP contribution in [0, 0.1) is 5.92 Å². The molecule has 0 radical (unpaired) electrons. The van der Waals surface area contributed by atoms with E-state index in [0.29, 0.717) is 12.3 Å². The largest absolute Gasteiger partial charge is 0.356 e. The van der Waals surface area contributed by atoms with Crippen molar-refractivity contribution in [1.82, 2.24) is 10.6 Å². The third kappa shape index (κ3) is 18.7. The Bertz CT molecular complexity index is 287. The van der Waals surface area contributed by atoms with Crippen LogP contribution < -0.4 is 10.6 Å². The number of amides is 2. The number of hydrogen-bond acceptors (Lipinski definition) is 2. The Morgan fingerprint density at radius 3 is 1.95 bits per heavy atom. The number of unbranched alkanes of at least 4 members (excludes halogenated alkanes) is 3. The molecule has 0 aliphatic rings. The lowest BCUT2D eigenvalue weighted by Crippen LogP contribution is -2.23. The lowest BCUT2D eigenvalue weighted by atomic mass is 10.2. The fraction of sp³-hybridized carbons (Fsp3) is 0.765. The lowest BCUT2D eigenvalue weighted by Gasteiger charge is -2.04. The van der Waals surface area contributed by atoms with Gasteiger partial charge >= 0.3 is 0 Å². The van der Waals surface area contributed by atoms with Gasteiger partial charge in [0, 0.05) is 19.5 Å². The van der Waals surface area contributed by atoms with Crippen molar-refractivity contribution in [3.8, 4) is 0 Å². The first-order chi connectivity index (χ1) is 10.1. The van der Waals surface area contributed by atoms with Gasteiger partial charge in [-0.2, -0.15) is 0 Å². The van der Waals surface area contributed by atoms with Gasteiger partial charge in [-0.3, -0.25) is 9.59 Å². The smallest absolute Gasteiger partial charge is 0.243 e. The molecule has 0 fully saturated rings. The van der Waals surface area contributed by atoms with Gasteiger partial charge in [0.15, 0.2) is 0 Å². The summed E-state index contributed by atoms with van der Waals surface area (Å²) in [5, 5.41) is 5.71. The highest BCUT2D eigenvalue weighted by Crippen LogP contribution is 1.98. The molecule has 0 spiro atoms. The molecule has 0 saturated carbocycles. The van der Waals surface area contributed by atoms with Gasteiger partial charge in [-0.25, -0.2) is 0 Å². The van der Waals surface area contributed by atoms with Crippen LogP contribution in [0.1, 0.15) is 66.7 Å². The van der Waals surface area contributed by atoms with E-state index in [1.54, 1.807) is 6.08 Å². The van der Waals surface area contributed by atoms with Crippen LogP contribution in [0.2, 0.25) is 0 Å².